The molecule has 0 aromatic carbocycles. The zero-order valence-corrected chi connectivity index (χ0v) is 12.5. The summed E-state index contributed by atoms with van der Waals surface area (Å²) in [7, 11) is 2.80. The second-order valence-corrected chi connectivity index (χ2v) is 4.73. The van der Waals surface area contributed by atoms with Crippen molar-refractivity contribution >= 4 is 17.7 Å². The summed E-state index contributed by atoms with van der Waals surface area (Å²) in [5.74, 6) is 0.0122. The third-order valence-electron chi connectivity index (χ3n) is 3.30. The molecule has 120 valence electrons. The van der Waals surface area contributed by atoms with Gasteiger partial charge in [0.15, 0.2) is 17.8 Å². The topological polar surface area (TPSA) is 120 Å². The van der Waals surface area contributed by atoms with Gasteiger partial charge in [0.1, 0.15) is 0 Å². The van der Waals surface area contributed by atoms with Crippen LogP contribution in [0.25, 0.3) is 0 Å². The minimum absolute atomic E-state index is 0.175. The van der Waals surface area contributed by atoms with Gasteiger partial charge in [-0.2, -0.15) is 0 Å². The van der Waals surface area contributed by atoms with Crippen LogP contribution in [0.15, 0.2) is 6.20 Å². The number of amides is 1. The van der Waals surface area contributed by atoms with Crippen LogP contribution in [0.3, 0.4) is 0 Å². The summed E-state index contributed by atoms with van der Waals surface area (Å²) in [5, 5.41) is 2.91. The molecule has 0 aliphatic carbocycles. The lowest BCUT2D eigenvalue weighted by atomic mass is 10.2. The fraction of sp³-hybridized carbons (Fsp3) is 0.538. The fourth-order valence-electron chi connectivity index (χ4n) is 2.10. The number of carbonyl (C=O) groups is 2. The van der Waals surface area contributed by atoms with E-state index in [0.29, 0.717) is 31.6 Å². The summed E-state index contributed by atoms with van der Waals surface area (Å²) in [6.45, 7) is 0.405. The second kappa shape index (κ2) is 7.03. The molecule has 1 unspecified atom stereocenters. The first kappa shape index (κ1) is 16.0. The number of rotatable bonds is 6. The van der Waals surface area contributed by atoms with Crippen molar-refractivity contribution in [3.05, 3.63) is 11.9 Å². The molecule has 9 heteroatoms. The largest absolute Gasteiger partial charge is 0.480 e. The lowest BCUT2D eigenvalue weighted by Crippen LogP contribution is -2.54. The number of ether oxygens (including phenoxy) is 2. The van der Waals surface area contributed by atoms with E-state index >= 15 is 0 Å². The summed E-state index contributed by atoms with van der Waals surface area (Å²) in [6, 6.07) is 0. The van der Waals surface area contributed by atoms with E-state index < -0.39 is 6.29 Å². The molecule has 0 spiro atoms. The van der Waals surface area contributed by atoms with E-state index in [1.807, 2.05) is 0 Å². The van der Waals surface area contributed by atoms with Gasteiger partial charge in [-0.1, -0.05) is 0 Å². The van der Waals surface area contributed by atoms with E-state index in [1.54, 1.807) is 0 Å². The van der Waals surface area contributed by atoms with Gasteiger partial charge >= 0.3 is 5.97 Å². The van der Waals surface area contributed by atoms with Gasteiger partial charge < -0.3 is 19.7 Å². The SMILES string of the molecule is COC(=O)CCCCN1C(=O)c2nc(OC)cnc2NC1N. The van der Waals surface area contributed by atoms with Crippen LogP contribution in [-0.4, -0.2) is 53.8 Å². The molecule has 1 amide bonds. The van der Waals surface area contributed by atoms with Crippen molar-refractivity contribution in [3.8, 4) is 5.88 Å². The van der Waals surface area contributed by atoms with Gasteiger partial charge in [0, 0.05) is 13.0 Å². The zero-order valence-electron chi connectivity index (χ0n) is 12.5. The average Bonchev–Trinajstić information content (AvgIpc) is 2.53. The van der Waals surface area contributed by atoms with Crippen LogP contribution in [0.5, 0.6) is 5.88 Å². The van der Waals surface area contributed by atoms with E-state index in [-0.39, 0.29) is 23.5 Å². The van der Waals surface area contributed by atoms with Gasteiger partial charge in [-0.25, -0.2) is 9.97 Å². The van der Waals surface area contributed by atoms with Crippen LogP contribution < -0.4 is 15.8 Å². The molecule has 0 fully saturated rings. The van der Waals surface area contributed by atoms with Gasteiger partial charge in [0.2, 0.25) is 5.88 Å². The number of nitrogens with two attached hydrogens (primary N) is 1. The summed E-state index contributed by atoms with van der Waals surface area (Å²) in [4.78, 5) is 33.1. The standard InChI is InChI=1S/C13H19N5O4/c1-21-8-7-15-11-10(16-8)12(20)18(13(14)17-11)6-4-3-5-9(19)22-2/h7,13H,3-6,14H2,1-2H3,(H,15,17). The maximum atomic E-state index is 12.4. The molecule has 0 saturated heterocycles. The Morgan fingerprint density at radius 2 is 2.23 bits per heavy atom. The Morgan fingerprint density at radius 3 is 2.91 bits per heavy atom. The van der Waals surface area contributed by atoms with Crippen LogP contribution in [0.4, 0.5) is 5.82 Å². The summed E-state index contributed by atoms with van der Waals surface area (Å²) in [5.41, 5.74) is 6.10. The van der Waals surface area contributed by atoms with Crippen molar-refractivity contribution in [3.63, 3.8) is 0 Å². The van der Waals surface area contributed by atoms with Crippen molar-refractivity contribution < 1.29 is 19.1 Å². The number of hydrogen-bond acceptors (Lipinski definition) is 8. The molecule has 1 atom stereocenters. The molecule has 1 aromatic heterocycles. The molecule has 3 N–H and O–H groups in total. The fourth-order valence-corrected chi connectivity index (χ4v) is 2.10. The van der Waals surface area contributed by atoms with Crippen molar-refractivity contribution in [2.24, 2.45) is 5.73 Å². The number of nitrogens with zero attached hydrogens (tertiary/aromatic N) is 3. The van der Waals surface area contributed by atoms with E-state index in [4.69, 9.17) is 10.5 Å². The average molecular weight is 309 g/mol. The summed E-state index contributed by atoms with van der Waals surface area (Å²) in [6.07, 6.45) is 2.28. The second-order valence-electron chi connectivity index (χ2n) is 4.73. The minimum atomic E-state index is -0.680. The predicted octanol–water partition coefficient (Wildman–Crippen LogP) is -0.0615. The van der Waals surface area contributed by atoms with Gasteiger partial charge in [0.25, 0.3) is 5.91 Å². The van der Waals surface area contributed by atoms with Gasteiger partial charge in [-0.05, 0) is 12.8 Å². The smallest absolute Gasteiger partial charge is 0.305 e. The number of carbonyl (C=O) groups excluding carboxylic acids is 2. The number of methoxy groups -OCH3 is 2. The predicted molar refractivity (Wildman–Crippen MR) is 77.1 cm³/mol. The molecule has 2 rings (SSSR count). The number of aromatic nitrogens is 2. The van der Waals surface area contributed by atoms with Crippen LogP contribution in [0, 0.1) is 0 Å². The Labute approximate surface area is 127 Å². The first-order valence-corrected chi connectivity index (χ1v) is 6.87. The van der Waals surface area contributed by atoms with Crippen LogP contribution in [0.1, 0.15) is 29.8 Å². The normalized spacial score (nSPS) is 16.8. The Balaban J connectivity index is 2.00. The van der Waals surface area contributed by atoms with Crippen molar-refractivity contribution in [2.45, 2.75) is 25.6 Å². The van der Waals surface area contributed by atoms with E-state index in [9.17, 15) is 9.59 Å². The highest BCUT2D eigenvalue weighted by Crippen LogP contribution is 2.22. The number of anilines is 1. The lowest BCUT2D eigenvalue weighted by Gasteiger charge is -2.34. The Morgan fingerprint density at radius 1 is 1.45 bits per heavy atom. The zero-order chi connectivity index (χ0) is 16.1. The van der Waals surface area contributed by atoms with Gasteiger partial charge in [-0.3, -0.25) is 15.3 Å². The highest BCUT2D eigenvalue weighted by atomic mass is 16.5. The number of nitrogens with one attached hydrogen (secondary N) is 1. The Bertz CT molecular complexity index is 565. The Hall–Kier alpha value is -2.42. The molecule has 0 radical (unpaired) electrons. The van der Waals surface area contributed by atoms with Crippen molar-refractivity contribution in [1.29, 1.82) is 0 Å². The molecule has 22 heavy (non-hydrogen) atoms. The van der Waals surface area contributed by atoms with Crippen molar-refractivity contribution in [1.82, 2.24) is 14.9 Å². The number of fused-ring (bicyclic) bond motifs is 1. The molecule has 1 aliphatic heterocycles. The third-order valence-corrected chi connectivity index (χ3v) is 3.30. The van der Waals surface area contributed by atoms with E-state index in [0.717, 1.165) is 0 Å². The first-order valence-electron chi connectivity index (χ1n) is 6.87. The van der Waals surface area contributed by atoms with Crippen LogP contribution in [0.2, 0.25) is 0 Å². The molecular weight excluding hydrogens is 290 g/mol. The van der Waals surface area contributed by atoms with Crippen LogP contribution in [-0.2, 0) is 9.53 Å². The number of hydrogen-bond donors (Lipinski definition) is 2. The summed E-state index contributed by atoms with van der Waals surface area (Å²) < 4.78 is 9.54. The minimum Gasteiger partial charge on any atom is -0.480 e. The third kappa shape index (κ3) is 3.42. The molecule has 0 saturated carbocycles. The van der Waals surface area contributed by atoms with Gasteiger partial charge in [-0.15, -0.1) is 0 Å². The number of unbranched alkanes of at least 4 members (excludes halogenated alkanes) is 1. The van der Waals surface area contributed by atoms with Gasteiger partial charge in [0.05, 0.1) is 20.4 Å². The quantitative estimate of drug-likeness (QED) is 0.554. The highest BCUT2D eigenvalue weighted by molar-refractivity contribution is 5.98. The first-order chi connectivity index (χ1) is 10.6. The number of esters is 1. The Kier molecular flexibility index (Phi) is 5.10. The van der Waals surface area contributed by atoms with E-state index in [2.05, 4.69) is 20.0 Å². The van der Waals surface area contributed by atoms with Crippen LogP contribution >= 0.6 is 0 Å². The highest BCUT2D eigenvalue weighted by Gasteiger charge is 2.32. The molecule has 0 bridgehead atoms. The van der Waals surface area contributed by atoms with E-state index in [1.165, 1.54) is 25.3 Å². The molecule has 2 heterocycles. The molecule has 1 aliphatic rings. The molecule has 1 aromatic rings. The molecular formula is C13H19N5O4. The summed E-state index contributed by atoms with van der Waals surface area (Å²) >= 11 is 0. The monoisotopic (exact) mass is 309 g/mol. The van der Waals surface area contributed by atoms with Crippen molar-refractivity contribution in [2.75, 3.05) is 26.1 Å². The maximum absolute atomic E-state index is 12.4. The maximum Gasteiger partial charge on any atom is 0.305 e. The molecule has 9 nitrogen and oxygen atoms in total. The lowest BCUT2D eigenvalue weighted by molar-refractivity contribution is -0.140.